The van der Waals surface area contributed by atoms with E-state index in [1.54, 1.807) is 0 Å². The highest BCUT2D eigenvalue weighted by molar-refractivity contribution is 5.91. The van der Waals surface area contributed by atoms with Crippen LogP contribution in [0.5, 0.6) is 0 Å². The highest BCUT2D eigenvalue weighted by atomic mass is 15.1. The molecule has 0 saturated carbocycles. The first-order valence-electron chi connectivity index (χ1n) is 10.1. The number of likely N-dealkylation sites (N-methyl/N-ethyl adjacent to an activating group) is 1. The van der Waals surface area contributed by atoms with E-state index < -0.39 is 0 Å². The van der Waals surface area contributed by atoms with E-state index in [0.717, 1.165) is 38.0 Å². The highest BCUT2D eigenvalue weighted by Gasteiger charge is 2.23. The molecule has 0 atom stereocenters. The Morgan fingerprint density at radius 1 is 1.04 bits per heavy atom. The molecule has 0 amide bonds. The smallest absolute Gasteiger partial charge is 0.0529 e. The summed E-state index contributed by atoms with van der Waals surface area (Å²) >= 11 is 0. The molecule has 3 nitrogen and oxygen atoms in total. The summed E-state index contributed by atoms with van der Waals surface area (Å²) in [5.74, 6) is 0. The molecule has 1 aromatic carbocycles. The molecule has 27 heavy (non-hydrogen) atoms. The van der Waals surface area contributed by atoms with E-state index in [2.05, 4.69) is 66.9 Å². The summed E-state index contributed by atoms with van der Waals surface area (Å²) in [5, 5.41) is 1.42. The third-order valence-corrected chi connectivity index (χ3v) is 6.14. The van der Waals surface area contributed by atoms with Crippen molar-refractivity contribution in [1.82, 2.24) is 14.5 Å². The van der Waals surface area contributed by atoms with Gasteiger partial charge in [-0.25, -0.2) is 0 Å². The summed E-state index contributed by atoms with van der Waals surface area (Å²) in [6.45, 7) is 6.46. The summed E-state index contributed by atoms with van der Waals surface area (Å²) in [4.78, 5) is 7.24. The Morgan fingerprint density at radius 2 is 1.93 bits per heavy atom. The molecule has 3 aromatic rings. The molecule has 0 unspecified atom stereocenters. The summed E-state index contributed by atoms with van der Waals surface area (Å²) in [5.41, 5.74) is 10.9. The standard InChI is InChI=1S/C24H27N3/c1-16-7-10-23-20(13-16)21-15-26(3)12-11-24(21)27(23)14-18-5-4-6-22-19(18)9-8-17(2)25-22/h7-10,13-14H,4-6,11-12,15H2,1-3H3/b18-14+. The van der Waals surface area contributed by atoms with Crippen LogP contribution in [0.15, 0.2) is 30.3 Å². The first-order chi connectivity index (χ1) is 13.1. The lowest BCUT2D eigenvalue weighted by Crippen LogP contribution is -2.26. The average Bonchev–Trinajstić information content (AvgIpc) is 2.94. The van der Waals surface area contributed by atoms with Crippen molar-refractivity contribution < 1.29 is 0 Å². The van der Waals surface area contributed by atoms with Gasteiger partial charge in [-0.1, -0.05) is 17.7 Å². The maximum absolute atomic E-state index is 4.81. The fraction of sp³-hybridized carbons (Fsp3) is 0.375. The van der Waals surface area contributed by atoms with Gasteiger partial charge in [0.15, 0.2) is 0 Å². The molecular weight excluding hydrogens is 330 g/mol. The Kier molecular flexibility index (Phi) is 3.94. The van der Waals surface area contributed by atoms with Gasteiger partial charge in [0.2, 0.25) is 0 Å². The van der Waals surface area contributed by atoms with E-state index in [1.807, 2.05) is 0 Å². The zero-order valence-corrected chi connectivity index (χ0v) is 16.5. The molecule has 3 heterocycles. The number of hydrogen-bond acceptors (Lipinski definition) is 2. The van der Waals surface area contributed by atoms with E-state index in [-0.39, 0.29) is 0 Å². The van der Waals surface area contributed by atoms with Gasteiger partial charge >= 0.3 is 0 Å². The average molecular weight is 358 g/mol. The Bertz CT molecular complexity index is 1070. The largest absolute Gasteiger partial charge is 0.320 e. The molecule has 0 N–H and O–H groups in total. The second kappa shape index (κ2) is 6.35. The number of rotatable bonds is 1. The minimum atomic E-state index is 1.04. The van der Waals surface area contributed by atoms with Crippen molar-refractivity contribution in [2.75, 3.05) is 13.6 Å². The van der Waals surface area contributed by atoms with Crippen LogP contribution in [0.2, 0.25) is 0 Å². The van der Waals surface area contributed by atoms with Crippen molar-refractivity contribution in [2.45, 2.75) is 46.1 Å². The lowest BCUT2D eigenvalue weighted by molar-refractivity contribution is 0.312. The zero-order valence-electron chi connectivity index (χ0n) is 16.5. The number of allylic oxidation sites excluding steroid dienone is 1. The maximum Gasteiger partial charge on any atom is 0.0529 e. The lowest BCUT2D eigenvalue weighted by Gasteiger charge is -2.24. The van der Waals surface area contributed by atoms with Crippen molar-refractivity contribution in [2.24, 2.45) is 0 Å². The zero-order chi connectivity index (χ0) is 18.5. The van der Waals surface area contributed by atoms with Crippen molar-refractivity contribution >= 4 is 22.7 Å². The van der Waals surface area contributed by atoms with Crippen LogP contribution in [0.4, 0.5) is 0 Å². The Balaban J connectivity index is 1.72. The second-order valence-electron chi connectivity index (χ2n) is 8.26. The van der Waals surface area contributed by atoms with Gasteiger partial charge in [-0.2, -0.15) is 0 Å². The molecule has 0 saturated heterocycles. The van der Waals surface area contributed by atoms with Crippen LogP contribution < -0.4 is 0 Å². The third kappa shape index (κ3) is 2.81. The monoisotopic (exact) mass is 357 g/mol. The predicted molar refractivity (Wildman–Crippen MR) is 113 cm³/mol. The highest BCUT2D eigenvalue weighted by Crippen LogP contribution is 2.35. The van der Waals surface area contributed by atoms with Gasteiger partial charge in [-0.15, -0.1) is 0 Å². The number of fused-ring (bicyclic) bond motifs is 4. The SMILES string of the molecule is Cc1ccc2c(c1)c1c(n2/C=C2\CCCc3nc(C)ccc32)CCN(C)C1. The molecule has 0 fully saturated rings. The quantitative estimate of drug-likeness (QED) is 0.613. The fourth-order valence-electron chi connectivity index (χ4n) is 4.75. The van der Waals surface area contributed by atoms with Crippen LogP contribution in [-0.4, -0.2) is 28.0 Å². The summed E-state index contributed by atoms with van der Waals surface area (Å²) in [7, 11) is 2.23. The second-order valence-corrected chi connectivity index (χ2v) is 8.26. The minimum Gasteiger partial charge on any atom is -0.320 e. The molecule has 3 heteroatoms. The van der Waals surface area contributed by atoms with E-state index >= 15 is 0 Å². The van der Waals surface area contributed by atoms with E-state index in [0.29, 0.717) is 0 Å². The van der Waals surface area contributed by atoms with Crippen LogP contribution in [-0.2, 0) is 19.4 Å². The van der Waals surface area contributed by atoms with Crippen molar-refractivity contribution in [1.29, 1.82) is 0 Å². The van der Waals surface area contributed by atoms with Gasteiger partial charge in [0.25, 0.3) is 0 Å². The first kappa shape index (κ1) is 16.8. The predicted octanol–water partition coefficient (Wildman–Crippen LogP) is 4.98. The Labute approximate surface area is 161 Å². The van der Waals surface area contributed by atoms with Crippen LogP contribution >= 0.6 is 0 Å². The number of hydrogen-bond donors (Lipinski definition) is 0. The summed E-state index contributed by atoms with van der Waals surface area (Å²) in [6, 6.07) is 11.3. The van der Waals surface area contributed by atoms with E-state index in [9.17, 15) is 0 Å². The molecule has 0 spiro atoms. The van der Waals surface area contributed by atoms with Gasteiger partial charge in [0.1, 0.15) is 0 Å². The van der Waals surface area contributed by atoms with Crippen molar-refractivity contribution in [3.8, 4) is 0 Å². The van der Waals surface area contributed by atoms with Crippen LogP contribution in [0, 0.1) is 13.8 Å². The van der Waals surface area contributed by atoms with Gasteiger partial charge in [0, 0.05) is 53.7 Å². The van der Waals surface area contributed by atoms with E-state index in [1.165, 1.54) is 51.0 Å². The first-order valence-corrected chi connectivity index (χ1v) is 10.1. The molecule has 2 aliphatic rings. The summed E-state index contributed by atoms with van der Waals surface area (Å²) in [6.07, 6.45) is 6.96. The number of nitrogens with zero attached hydrogens (tertiary/aromatic N) is 3. The Morgan fingerprint density at radius 3 is 2.81 bits per heavy atom. The number of aromatic nitrogens is 2. The fourth-order valence-corrected chi connectivity index (χ4v) is 4.75. The molecule has 0 radical (unpaired) electrons. The van der Waals surface area contributed by atoms with Crippen LogP contribution in [0.1, 0.15) is 46.6 Å². The topological polar surface area (TPSA) is 21.1 Å². The van der Waals surface area contributed by atoms with Gasteiger partial charge in [0.05, 0.1) is 5.52 Å². The minimum absolute atomic E-state index is 1.04. The lowest BCUT2D eigenvalue weighted by atomic mass is 9.91. The maximum atomic E-state index is 4.81. The normalized spacial score (nSPS) is 18.7. The van der Waals surface area contributed by atoms with Gasteiger partial charge in [-0.05, 0) is 69.5 Å². The molecule has 1 aliphatic carbocycles. The van der Waals surface area contributed by atoms with Crippen LogP contribution in [0.3, 0.4) is 0 Å². The molecule has 2 aromatic heterocycles. The summed E-state index contributed by atoms with van der Waals surface area (Å²) < 4.78 is 2.49. The molecule has 0 bridgehead atoms. The van der Waals surface area contributed by atoms with Crippen molar-refractivity contribution in [3.63, 3.8) is 0 Å². The molecule has 1 aliphatic heterocycles. The number of aryl methyl sites for hydroxylation is 3. The molecular formula is C24H27N3. The van der Waals surface area contributed by atoms with Crippen LogP contribution in [0.25, 0.3) is 22.7 Å². The number of pyridine rings is 1. The van der Waals surface area contributed by atoms with Crippen molar-refractivity contribution in [3.05, 3.63) is 64.1 Å². The van der Waals surface area contributed by atoms with Gasteiger partial charge in [-0.3, -0.25) is 4.98 Å². The van der Waals surface area contributed by atoms with Gasteiger partial charge < -0.3 is 9.47 Å². The van der Waals surface area contributed by atoms with E-state index in [4.69, 9.17) is 4.98 Å². The molecule has 138 valence electrons. The third-order valence-electron chi connectivity index (χ3n) is 6.14. The Hall–Kier alpha value is -2.39. The number of benzene rings is 1. The molecule has 5 rings (SSSR count).